The summed E-state index contributed by atoms with van der Waals surface area (Å²) in [5, 5.41) is 3.69. The lowest BCUT2D eigenvalue weighted by Crippen LogP contribution is -2.65. The summed E-state index contributed by atoms with van der Waals surface area (Å²) in [4.78, 5) is 14.5. The molecule has 0 saturated carbocycles. The van der Waals surface area contributed by atoms with Crippen molar-refractivity contribution < 1.29 is 14.3 Å². The lowest BCUT2D eigenvalue weighted by Gasteiger charge is -2.50. The second kappa shape index (κ2) is 6.06. The number of carbonyl (C=O) groups is 1. The number of halogens is 2. The molecule has 2 aliphatic heterocycles. The number of fused-ring (bicyclic) bond motifs is 4. The Morgan fingerprint density at radius 1 is 1.38 bits per heavy atom. The van der Waals surface area contributed by atoms with Crippen LogP contribution in [0.3, 0.4) is 0 Å². The highest BCUT2D eigenvalue weighted by molar-refractivity contribution is 9.10. The van der Waals surface area contributed by atoms with Crippen molar-refractivity contribution in [3.05, 3.63) is 51.0 Å². The van der Waals surface area contributed by atoms with Crippen LogP contribution in [0.5, 0.6) is 11.5 Å². The summed E-state index contributed by atoms with van der Waals surface area (Å²) in [6.45, 7) is 3.84. The number of carbonyl (C=O) groups excluding carboxylic acids is 1. The summed E-state index contributed by atoms with van der Waals surface area (Å²) in [5.74, 6) is 1.28. The van der Waals surface area contributed by atoms with Gasteiger partial charge in [-0.05, 0) is 43.7 Å². The minimum atomic E-state index is -0.848. The van der Waals surface area contributed by atoms with Gasteiger partial charge in [0.2, 0.25) is 0 Å². The molecule has 1 fully saturated rings. The van der Waals surface area contributed by atoms with Gasteiger partial charge < -0.3 is 14.8 Å². The summed E-state index contributed by atoms with van der Waals surface area (Å²) in [5.41, 5.74) is 1.71. The third kappa shape index (κ3) is 2.63. The van der Waals surface area contributed by atoms with Crippen LogP contribution in [-0.4, -0.2) is 18.9 Å². The number of aryl methyl sites for hydroxylation is 1. The standard InChI is InChI=1S/C19H18BrClN2O3/c1-10-4-5-12(8-14(10)21)23-18(24)22-15-9-19(23,2)26-17-13(15)6-11(20)7-16(17)25-3/h4-8,15H,9H2,1-3H3,(H,22,24). The Bertz CT molecular complexity index is 920. The molecular formula is C19H18BrClN2O3. The molecule has 1 N–H and O–H groups in total. The highest BCUT2D eigenvalue weighted by Gasteiger charge is 2.50. The first kappa shape index (κ1) is 17.5. The number of anilines is 1. The Kier molecular flexibility index (Phi) is 4.08. The van der Waals surface area contributed by atoms with Crippen molar-refractivity contribution in [1.82, 2.24) is 5.32 Å². The Morgan fingerprint density at radius 2 is 2.15 bits per heavy atom. The SMILES string of the molecule is COc1cc(Br)cc2c1OC1(C)CC2NC(=O)N1c1ccc(C)c(Cl)c1. The summed E-state index contributed by atoms with van der Waals surface area (Å²) >= 11 is 9.77. The van der Waals surface area contributed by atoms with E-state index in [1.165, 1.54) is 0 Å². The second-order valence-corrected chi connectivity index (χ2v) is 8.10. The lowest BCUT2D eigenvalue weighted by atomic mass is 9.90. The fourth-order valence-electron chi connectivity index (χ4n) is 3.66. The van der Waals surface area contributed by atoms with Gasteiger partial charge in [0.05, 0.1) is 18.8 Å². The van der Waals surface area contributed by atoms with Gasteiger partial charge in [-0.25, -0.2) is 4.79 Å². The van der Waals surface area contributed by atoms with Crippen LogP contribution in [0.25, 0.3) is 0 Å². The van der Waals surface area contributed by atoms with Crippen molar-refractivity contribution in [3.8, 4) is 11.5 Å². The predicted molar refractivity (Wildman–Crippen MR) is 104 cm³/mol. The number of hydrogen-bond donors (Lipinski definition) is 1. The van der Waals surface area contributed by atoms with E-state index < -0.39 is 5.72 Å². The predicted octanol–water partition coefficient (Wildman–Crippen LogP) is 5.19. The Balaban J connectivity index is 1.83. The van der Waals surface area contributed by atoms with Gasteiger partial charge in [-0.2, -0.15) is 0 Å². The first-order valence-electron chi connectivity index (χ1n) is 8.26. The average Bonchev–Trinajstić information content (AvgIpc) is 2.57. The van der Waals surface area contributed by atoms with Crippen molar-refractivity contribution in [2.45, 2.75) is 32.0 Å². The van der Waals surface area contributed by atoms with Gasteiger partial charge in [0.15, 0.2) is 17.2 Å². The molecule has 0 aliphatic carbocycles. The third-order valence-electron chi connectivity index (χ3n) is 4.94. The average molecular weight is 438 g/mol. The third-order valence-corrected chi connectivity index (χ3v) is 5.80. The van der Waals surface area contributed by atoms with Gasteiger partial charge in [0, 0.05) is 21.5 Å². The Morgan fingerprint density at radius 3 is 2.85 bits per heavy atom. The smallest absolute Gasteiger partial charge is 0.325 e. The van der Waals surface area contributed by atoms with Crippen molar-refractivity contribution in [3.63, 3.8) is 0 Å². The molecule has 0 spiro atoms. The molecule has 2 aromatic rings. The molecule has 1 saturated heterocycles. The van der Waals surface area contributed by atoms with Crippen LogP contribution in [0, 0.1) is 6.92 Å². The molecular weight excluding hydrogens is 420 g/mol. The fourth-order valence-corrected chi connectivity index (χ4v) is 4.29. The zero-order chi connectivity index (χ0) is 18.6. The number of urea groups is 1. The van der Waals surface area contributed by atoms with Gasteiger partial charge in [-0.1, -0.05) is 33.6 Å². The van der Waals surface area contributed by atoms with E-state index in [9.17, 15) is 4.79 Å². The molecule has 4 rings (SSSR count). The van der Waals surface area contributed by atoms with E-state index in [4.69, 9.17) is 21.1 Å². The number of nitrogens with zero attached hydrogens (tertiary/aromatic N) is 1. The molecule has 2 unspecified atom stereocenters. The number of ether oxygens (including phenoxy) is 2. The number of amides is 2. The number of methoxy groups -OCH3 is 1. The molecule has 0 radical (unpaired) electrons. The monoisotopic (exact) mass is 436 g/mol. The van der Waals surface area contributed by atoms with Crippen molar-refractivity contribution in [1.29, 1.82) is 0 Å². The van der Waals surface area contributed by atoms with E-state index in [1.54, 1.807) is 18.1 Å². The largest absolute Gasteiger partial charge is 0.493 e. The quantitative estimate of drug-likeness (QED) is 0.703. The van der Waals surface area contributed by atoms with Crippen LogP contribution in [0.4, 0.5) is 10.5 Å². The van der Waals surface area contributed by atoms with Crippen LogP contribution >= 0.6 is 27.5 Å². The second-order valence-electron chi connectivity index (χ2n) is 6.78. The topological polar surface area (TPSA) is 50.8 Å². The van der Waals surface area contributed by atoms with Crippen molar-refractivity contribution >= 4 is 39.2 Å². The minimum Gasteiger partial charge on any atom is -0.493 e. The van der Waals surface area contributed by atoms with Gasteiger partial charge in [-0.15, -0.1) is 0 Å². The van der Waals surface area contributed by atoms with Crippen molar-refractivity contribution in [2.24, 2.45) is 0 Å². The maximum Gasteiger partial charge on any atom is 0.325 e. The fraction of sp³-hybridized carbons (Fsp3) is 0.316. The first-order valence-corrected chi connectivity index (χ1v) is 9.43. The lowest BCUT2D eigenvalue weighted by molar-refractivity contribution is 0.0349. The van der Waals surface area contributed by atoms with E-state index in [0.717, 1.165) is 15.6 Å². The van der Waals surface area contributed by atoms with E-state index in [1.807, 2.05) is 38.1 Å². The van der Waals surface area contributed by atoms with E-state index >= 15 is 0 Å². The molecule has 136 valence electrons. The number of nitrogens with one attached hydrogen (secondary N) is 1. The summed E-state index contributed by atoms with van der Waals surface area (Å²) in [6.07, 6.45) is 0.608. The molecule has 2 heterocycles. The summed E-state index contributed by atoms with van der Waals surface area (Å²) in [6, 6.07) is 9.02. The van der Waals surface area contributed by atoms with Crippen LogP contribution in [0.2, 0.25) is 5.02 Å². The van der Waals surface area contributed by atoms with E-state index in [-0.39, 0.29) is 12.1 Å². The molecule has 2 bridgehead atoms. The highest BCUT2D eigenvalue weighted by atomic mass is 79.9. The van der Waals surface area contributed by atoms with Crippen LogP contribution in [0.15, 0.2) is 34.8 Å². The molecule has 2 amide bonds. The maximum absolute atomic E-state index is 12.9. The van der Waals surface area contributed by atoms with Crippen LogP contribution < -0.4 is 19.7 Å². The van der Waals surface area contributed by atoms with E-state index in [2.05, 4.69) is 21.2 Å². The van der Waals surface area contributed by atoms with Crippen LogP contribution in [-0.2, 0) is 0 Å². The van der Waals surface area contributed by atoms with Gasteiger partial charge in [0.1, 0.15) is 0 Å². The zero-order valence-corrected chi connectivity index (χ0v) is 16.9. The van der Waals surface area contributed by atoms with Gasteiger partial charge >= 0.3 is 6.03 Å². The zero-order valence-electron chi connectivity index (χ0n) is 14.6. The highest BCUT2D eigenvalue weighted by Crippen LogP contribution is 2.50. The van der Waals surface area contributed by atoms with Gasteiger partial charge in [0.25, 0.3) is 0 Å². The number of benzene rings is 2. The first-order chi connectivity index (χ1) is 12.3. The molecule has 5 nitrogen and oxygen atoms in total. The molecule has 2 aromatic carbocycles. The summed E-state index contributed by atoms with van der Waals surface area (Å²) < 4.78 is 12.7. The number of rotatable bonds is 2. The normalized spacial score (nSPS) is 23.8. The van der Waals surface area contributed by atoms with Gasteiger partial charge in [-0.3, -0.25) is 4.90 Å². The molecule has 7 heteroatoms. The Labute approximate surface area is 165 Å². The number of hydrogen-bond acceptors (Lipinski definition) is 3. The van der Waals surface area contributed by atoms with Crippen LogP contribution in [0.1, 0.15) is 30.5 Å². The maximum atomic E-state index is 12.9. The minimum absolute atomic E-state index is 0.153. The van der Waals surface area contributed by atoms with Crippen molar-refractivity contribution in [2.75, 3.05) is 12.0 Å². The molecule has 26 heavy (non-hydrogen) atoms. The Hall–Kier alpha value is -1.92. The molecule has 2 atom stereocenters. The molecule has 2 aliphatic rings. The summed E-state index contributed by atoms with van der Waals surface area (Å²) in [7, 11) is 1.61. The van der Waals surface area contributed by atoms with E-state index in [0.29, 0.717) is 28.6 Å². The molecule has 0 aromatic heterocycles.